The quantitative estimate of drug-likeness (QED) is 0.815. The molecule has 2 bridgehead atoms. The summed E-state index contributed by atoms with van der Waals surface area (Å²) >= 11 is 0. The van der Waals surface area contributed by atoms with Gasteiger partial charge in [0.25, 0.3) is 5.91 Å². The molecule has 0 unspecified atom stereocenters. The first-order valence-electron chi connectivity index (χ1n) is 9.74. The topological polar surface area (TPSA) is 79.9 Å². The zero-order valence-electron chi connectivity index (χ0n) is 16.6. The van der Waals surface area contributed by atoms with Crippen molar-refractivity contribution >= 4 is 17.6 Å². The molecule has 1 heterocycles. The number of fused-ring (bicyclic) bond motifs is 2. The highest BCUT2D eigenvalue weighted by molar-refractivity contribution is 5.94. The molecule has 1 aliphatic heterocycles. The fourth-order valence-corrected chi connectivity index (χ4v) is 4.31. The van der Waals surface area contributed by atoms with E-state index in [4.69, 9.17) is 9.47 Å². The van der Waals surface area contributed by atoms with Crippen molar-refractivity contribution < 1.29 is 19.1 Å². The van der Waals surface area contributed by atoms with Gasteiger partial charge in [0.1, 0.15) is 11.5 Å². The lowest BCUT2D eigenvalue weighted by Crippen LogP contribution is -2.48. The van der Waals surface area contributed by atoms with Crippen molar-refractivity contribution in [1.82, 2.24) is 10.2 Å². The first-order chi connectivity index (χ1) is 14.1. The zero-order valence-corrected chi connectivity index (χ0v) is 16.6. The number of carbonyl (C=O) groups excluding carboxylic acids is 2. The van der Waals surface area contributed by atoms with E-state index in [0.29, 0.717) is 29.3 Å². The predicted octanol–water partition coefficient (Wildman–Crippen LogP) is 3.13. The molecule has 2 aromatic carbocycles. The number of urea groups is 1. The molecule has 4 rings (SSSR count). The number of rotatable bonds is 5. The summed E-state index contributed by atoms with van der Waals surface area (Å²) in [6.07, 6.45) is 1.68. The van der Waals surface area contributed by atoms with Gasteiger partial charge >= 0.3 is 6.03 Å². The highest BCUT2D eigenvalue weighted by Crippen LogP contribution is 2.39. The minimum absolute atomic E-state index is 0.0536. The molecule has 3 amide bonds. The van der Waals surface area contributed by atoms with E-state index in [1.54, 1.807) is 32.4 Å². The van der Waals surface area contributed by atoms with Gasteiger partial charge < -0.3 is 25.0 Å². The lowest BCUT2D eigenvalue weighted by atomic mass is 10.0. The SMILES string of the molecule is COc1ccc(NC(=O)N2C[C@@H]3C[C@H]2C[C@@H]3NC(=O)c2ccccc2)c(OC)c1. The maximum atomic E-state index is 12.8. The summed E-state index contributed by atoms with van der Waals surface area (Å²) in [5.74, 6) is 1.44. The average Bonchev–Trinajstić information content (AvgIpc) is 3.35. The second-order valence-electron chi connectivity index (χ2n) is 7.48. The van der Waals surface area contributed by atoms with Gasteiger partial charge in [-0.15, -0.1) is 0 Å². The first kappa shape index (κ1) is 19.1. The van der Waals surface area contributed by atoms with E-state index in [1.165, 1.54) is 0 Å². The number of carbonyl (C=O) groups is 2. The van der Waals surface area contributed by atoms with Crippen LogP contribution in [0, 0.1) is 5.92 Å². The Balaban J connectivity index is 1.36. The van der Waals surface area contributed by atoms with E-state index in [0.717, 1.165) is 12.8 Å². The van der Waals surface area contributed by atoms with Gasteiger partial charge in [-0.1, -0.05) is 18.2 Å². The molecule has 7 heteroatoms. The third-order valence-electron chi connectivity index (χ3n) is 5.81. The largest absolute Gasteiger partial charge is 0.497 e. The van der Waals surface area contributed by atoms with Crippen LogP contribution in [-0.2, 0) is 0 Å². The number of anilines is 1. The standard InChI is InChI=1S/C22H25N3O4/c1-28-17-8-9-18(20(12-17)29-2)24-22(27)25-13-15-10-16(25)11-19(15)23-21(26)14-6-4-3-5-7-14/h3-9,12,15-16,19H,10-11,13H2,1-2H3,(H,23,26)(H,24,27)/t15-,16-,19-/m0/s1. The number of amides is 3. The number of nitrogens with zero attached hydrogens (tertiary/aromatic N) is 1. The summed E-state index contributed by atoms with van der Waals surface area (Å²) < 4.78 is 10.5. The Morgan fingerprint density at radius 3 is 2.48 bits per heavy atom. The summed E-state index contributed by atoms with van der Waals surface area (Å²) in [6.45, 7) is 0.634. The minimum atomic E-state index is -0.145. The molecule has 1 saturated carbocycles. The van der Waals surface area contributed by atoms with Gasteiger partial charge in [-0.25, -0.2) is 4.79 Å². The van der Waals surface area contributed by atoms with Crippen molar-refractivity contribution in [2.24, 2.45) is 5.92 Å². The van der Waals surface area contributed by atoms with Crippen LogP contribution < -0.4 is 20.1 Å². The third-order valence-corrected chi connectivity index (χ3v) is 5.81. The van der Waals surface area contributed by atoms with E-state index in [9.17, 15) is 9.59 Å². The van der Waals surface area contributed by atoms with Gasteiger partial charge in [-0.3, -0.25) is 4.79 Å². The van der Waals surface area contributed by atoms with Crippen molar-refractivity contribution in [2.75, 3.05) is 26.1 Å². The van der Waals surface area contributed by atoms with Crippen LogP contribution in [0.25, 0.3) is 0 Å². The first-order valence-corrected chi connectivity index (χ1v) is 9.74. The van der Waals surface area contributed by atoms with Crippen LogP contribution in [-0.4, -0.2) is 49.7 Å². The lowest BCUT2D eigenvalue weighted by Gasteiger charge is -2.32. The van der Waals surface area contributed by atoms with Crippen LogP contribution >= 0.6 is 0 Å². The fraction of sp³-hybridized carbons (Fsp3) is 0.364. The number of benzene rings is 2. The van der Waals surface area contributed by atoms with Crippen molar-refractivity contribution in [3.05, 3.63) is 54.1 Å². The molecule has 2 fully saturated rings. The Labute approximate surface area is 170 Å². The van der Waals surface area contributed by atoms with E-state index in [-0.39, 0.29) is 29.9 Å². The molecule has 0 aromatic heterocycles. The molecule has 152 valence electrons. The molecule has 2 aliphatic rings. The van der Waals surface area contributed by atoms with E-state index in [2.05, 4.69) is 10.6 Å². The third kappa shape index (κ3) is 3.85. The van der Waals surface area contributed by atoms with E-state index in [1.807, 2.05) is 35.2 Å². The molecule has 0 radical (unpaired) electrons. The zero-order chi connectivity index (χ0) is 20.4. The predicted molar refractivity (Wildman–Crippen MR) is 109 cm³/mol. The molecule has 1 aliphatic carbocycles. The Bertz CT molecular complexity index is 902. The normalized spacial score (nSPS) is 22.3. The Morgan fingerprint density at radius 2 is 1.83 bits per heavy atom. The van der Waals surface area contributed by atoms with Crippen LogP contribution in [0.15, 0.2) is 48.5 Å². The second-order valence-corrected chi connectivity index (χ2v) is 7.48. The molecular formula is C22H25N3O4. The highest BCUT2D eigenvalue weighted by atomic mass is 16.5. The van der Waals surface area contributed by atoms with Crippen molar-refractivity contribution in [1.29, 1.82) is 0 Å². The number of ether oxygens (including phenoxy) is 2. The number of piperidine rings is 1. The molecule has 0 spiro atoms. The van der Waals surface area contributed by atoms with Gasteiger partial charge in [-0.2, -0.15) is 0 Å². The summed E-state index contributed by atoms with van der Waals surface area (Å²) in [6, 6.07) is 14.6. The van der Waals surface area contributed by atoms with Gasteiger partial charge in [-0.05, 0) is 43.0 Å². The van der Waals surface area contributed by atoms with Crippen molar-refractivity contribution in [3.63, 3.8) is 0 Å². The summed E-state index contributed by atoms with van der Waals surface area (Å²) in [4.78, 5) is 27.1. The smallest absolute Gasteiger partial charge is 0.322 e. The van der Waals surface area contributed by atoms with Gasteiger partial charge in [0.15, 0.2) is 0 Å². The Hall–Kier alpha value is -3.22. The van der Waals surface area contributed by atoms with E-state index < -0.39 is 0 Å². The van der Waals surface area contributed by atoms with Gasteiger partial charge in [0.05, 0.1) is 19.9 Å². The monoisotopic (exact) mass is 395 g/mol. The van der Waals surface area contributed by atoms with Crippen LogP contribution in [0.1, 0.15) is 23.2 Å². The second kappa shape index (κ2) is 8.03. The molecular weight excluding hydrogens is 370 g/mol. The van der Waals surface area contributed by atoms with Crippen LogP contribution in [0.5, 0.6) is 11.5 Å². The number of likely N-dealkylation sites (tertiary alicyclic amines) is 1. The summed E-state index contributed by atoms with van der Waals surface area (Å²) in [5.41, 5.74) is 1.27. The molecule has 1 saturated heterocycles. The average molecular weight is 395 g/mol. The summed E-state index contributed by atoms with van der Waals surface area (Å²) in [7, 11) is 3.14. The number of hydrogen-bond donors (Lipinski definition) is 2. The van der Waals surface area contributed by atoms with Gasteiger partial charge in [0, 0.05) is 30.3 Å². The number of methoxy groups -OCH3 is 2. The molecule has 3 atom stereocenters. The molecule has 7 nitrogen and oxygen atoms in total. The van der Waals surface area contributed by atoms with Crippen molar-refractivity contribution in [2.45, 2.75) is 24.9 Å². The Kier molecular flexibility index (Phi) is 5.29. The van der Waals surface area contributed by atoms with Crippen molar-refractivity contribution in [3.8, 4) is 11.5 Å². The van der Waals surface area contributed by atoms with Gasteiger partial charge in [0.2, 0.25) is 0 Å². The minimum Gasteiger partial charge on any atom is -0.497 e. The van der Waals surface area contributed by atoms with Crippen LogP contribution in [0.2, 0.25) is 0 Å². The maximum absolute atomic E-state index is 12.8. The lowest BCUT2D eigenvalue weighted by molar-refractivity contribution is 0.0915. The number of hydrogen-bond acceptors (Lipinski definition) is 4. The fourth-order valence-electron chi connectivity index (χ4n) is 4.31. The molecule has 2 aromatic rings. The highest BCUT2D eigenvalue weighted by Gasteiger charge is 2.47. The van der Waals surface area contributed by atoms with Crippen LogP contribution in [0.3, 0.4) is 0 Å². The maximum Gasteiger partial charge on any atom is 0.322 e. The Morgan fingerprint density at radius 1 is 1.03 bits per heavy atom. The molecule has 29 heavy (non-hydrogen) atoms. The van der Waals surface area contributed by atoms with Crippen LogP contribution in [0.4, 0.5) is 10.5 Å². The summed E-state index contributed by atoms with van der Waals surface area (Å²) in [5, 5.41) is 6.08. The molecule has 2 N–H and O–H groups in total. The number of nitrogens with one attached hydrogen (secondary N) is 2. The van der Waals surface area contributed by atoms with E-state index >= 15 is 0 Å².